The summed E-state index contributed by atoms with van der Waals surface area (Å²) in [5, 5.41) is -0.424. The van der Waals surface area contributed by atoms with Crippen molar-refractivity contribution >= 4 is 9.84 Å². The second kappa shape index (κ2) is 5.19. The van der Waals surface area contributed by atoms with Gasteiger partial charge in [0, 0.05) is 0 Å². The highest BCUT2D eigenvalue weighted by molar-refractivity contribution is 7.92. The van der Waals surface area contributed by atoms with Crippen LogP contribution in [0.15, 0.2) is 17.0 Å². The molecule has 0 aliphatic heterocycles. The van der Waals surface area contributed by atoms with E-state index in [2.05, 4.69) is 0 Å². The zero-order valence-corrected chi connectivity index (χ0v) is 11.8. The maximum atomic E-state index is 12.4. The number of rotatable bonds is 4. The predicted octanol–water partition coefficient (Wildman–Crippen LogP) is 2.12. The largest absolute Gasteiger partial charge is 0.330 e. The van der Waals surface area contributed by atoms with E-state index in [-0.39, 0.29) is 0 Å². The molecule has 0 spiro atoms. The Bertz CT molecular complexity index is 483. The van der Waals surface area contributed by atoms with Crippen LogP contribution >= 0.6 is 0 Å². The lowest BCUT2D eigenvalue weighted by atomic mass is 10.1. The van der Waals surface area contributed by atoms with Gasteiger partial charge < -0.3 is 5.73 Å². The van der Waals surface area contributed by atoms with E-state index in [0.29, 0.717) is 17.9 Å². The average molecular weight is 255 g/mol. The summed E-state index contributed by atoms with van der Waals surface area (Å²) in [7, 11) is -3.26. The van der Waals surface area contributed by atoms with Crippen molar-refractivity contribution in [3.05, 3.63) is 28.8 Å². The van der Waals surface area contributed by atoms with Crippen molar-refractivity contribution in [3.63, 3.8) is 0 Å². The smallest absolute Gasteiger partial charge is 0.181 e. The molecule has 0 amide bonds. The molecule has 0 heterocycles. The van der Waals surface area contributed by atoms with Crippen LogP contribution in [0, 0.1) is 20.8 Å². The van der Waals surface area contributed by atoms with E-state index in [4.69, 9.17) is 5.73 Å². The summed E-state index contributed by atoms with van der Waals surface area (Å²) in [6.07, 6.45) is 0.495. The zero-order chi connectivity index (χ0) is 13.2. The van der Waals surface area contributed by atoms with Gasteiger partial charge in [0.1, 0.15) is 0 Å². The van der Waals surface area contributed by atoms with E-state index in [1.165, 1.54) is 0 Å². The Kier molecular flexibility index (Phi) is 4.33. The molecular weight excluding hydrogens is 234 g/mol. The molecule has 0 aliphatic rings. The molecule has 4 heteroatoms. The highest BCUT2D eigenvalue weighted by Gasteiger charge is 2.26. The molecule has 17 heavy (non-hydrogen) atoms. The molecule has 0 fully saturated rings. The topological polar surface area (TPSA) is 60.2 Å². The molecule has 96 valence electrons. The Morgan fingerprint density at radius 1 is 1.18 bits per heavy atom. The fraction of sp³-hybridized carbons (Fsp3) is 0.538. The van der Waals surface area contributed by atoms with Crippen molar-refractivity contribution in [3.8, 4) is 0 Å². The van der Waals surface area contributed by atoms with Crippen LogP contribution in [0.4, 0.5) is 0 Å². The molecule has 0 aromatic heterocycles. The van der Waals surface area contributed by atoms with Gasteiger partial charge >= 0.3 is 0 Å². The molecule has 0 bridgehead atoms. The monoisotopic (exact) mass is 255 g/mol. The van der Waals surface area contributed by atoms with Crippen LogP contribution < -0.4 is 5.73 Å². The van der Waals surface area contributed by atoms with E-state index in [1.54, 1.807) is 6.92 Å². The van der Waals surface area contributed by atoms with Crippen LogP contribution in [0.1, 0.15) is 30.0 Å². The Morgan fingerprint density at radius 2 is 1.65 bits per heavy atom. The summed E-state index contributed by atoms with van der Waals surface area (Å²) in [4.78, 5) is 0.476. The minimum absolute atomic E-state index is 0.393. The molecule has 3 nitrogen and oxygen atoms in total. The predicted molar refractivity (Wildman–Crippen MR) is 71.0 cm³/mol. The average Bonchev–Trinajstić information content (AvgIpc) is 2.15. The molecule has 2 N–H and O–H groups in total. The van der Waals surface area contributed by atoms with Crippen LogP contribution in [-0.4, -0.2) is 20.2 Å². The van der Waals surface area contributed by atoms with Gasteiger partial charge in [-0.25, -0.2) is 8.42 Å². The van der Waals surface area contributed by atoms with Crippen LogP contribution in [-0.2, 0) is 9.84 Å². The first kappa shape index (κ1) is 14.2. The number of hydrogen-bond acceptors (Lipinski definition) is 3. The van der Waals surface area contributed by atoms with Gasteiger partial charge in [-0.2, -0.15) is 0 Å². The van der Waals surface area contributed by atoms with Gasteiger partial charge in [-0.15, -0.1) is 0 Å². The molecule has 1 aromatic carbocycles. The number of nitrogens with two attached hydrogens (primary N) is 1. The van der Waals surface area contributed by atoms with Crippen LogP contribution in [0.25, 0.3) is 0 Å². The van der Waals surface area contributed by atoms with Crippen molar-refractivity contribution in [1.82, 2.24) is 0 Å². The number of benzene rings is 1. The van der Waals surface area contributed by atoms with E-state index >= 15 is 0 Å². The summed E-state index contributed by atoms with van der Waals surface area (Å²) in [5.41, 5.74) is 8.18. The van der Waals surface area contributed by atoms with E-state index in [1.807, 2.05) is 32.9 Å². The minimum atomic E-state index is -3.26. The first-order valence-corrected chi connectivity index (χ1v) is 7.37. The fourth-order valence-electron chi connectivity index (χ4n) is 2.21. The minimum Gasteiger partial charge on any atom is -0.330 e. The molecule has 0 radical (unpaired) electrons. The summed E-state index contributed by atoms with van der Waals surface area (Å²) < 4.78 is 24.8. The maximum Gasteiger partial charge on any atom is 0.181 e. The van der Waals surface area contributed by atoms with Gasteiger partial charge in [0.15, 0.2) is 9.84 Å². The lowest BCUT2D eigenvalue weighted by Gasteiger charge is -2.16. The number of aryl methyl sites for hydroxylation is 3. The lowest BCUT2D eigenvalue weighted by Crippen LogP contribution is -2.23. The third-order valence-electron chi connectivity index (χ3n) is 2.99. The van der Waals surface area contributed by atoms with Gasteiger partial charge in [-0.1, -0.05) is 17.7 Å². The summed E-state index contributed by atoms with van der Waals surface area (Å²) >= 11 is 0. The Balaban J connectivity index is 3.34. The molecule has 0 saturated heterocycles. The first-order valence-electron chi connectivity index (χ1n) is 5.82. The molecule has 1 atom stereocenters. The van der Waals surface area contributed by atoms with Crippen LogP contribution in [0.3, 0.4) is 0 Å². The summed E-state index contributed by atoms with van der Waals surface area (Å²) in [6, 6.07) is 3.82. The molecule has 0 aliphatic carbocycles. The lowest BCUT2D eigenvalue weighted by molar-refractivity contribution is 0.577. The first-order chi connectivity index (χ1) is 7.80. The Morgan fingerprint density at radius 3 is 2.06 bits per heavy atom. The molecule has 1 aromatic rings. The summed E-state index contributed by atoms with van der Waals surface area (Å²) in [5.74, 6) is 0. The quantitative estimate of drug-likeness (QED) is 0.896. The normalized spacial score (nSPS) is 13.7. The van der Waals surface area contributed by atoms with Crippen LogP contribution in [0.5, 0.6) is 0 Å². The van der Waals surface area contributed by atoms with Gasteiger partial charge in [0.05, 0.1) is 10.1 Å². The molecule has 1 rings (SSSR count). The van der Waals surface area contributed by atoms with Crippen molar-refractivity contribution in [2.45, 2.75) is 44.3 Å². The highest BCUT2D eigenvalue weighted by atomic mass is 32.2. The Labute approximate surface area is 104 Å². The van der Waals surface area contributed by atoms with E-state index in [0.717, 1.165) is 16.7 Å². The Hall–Kier alpha value is -0.870. The standard InChI is InChI=1S/C13H21NO2S/c1-9-7-10(2)13(11(3)8-9)17(15,16)12(4)5-6-14/h7-8,12H,5-6,14H2,1-4H3. The number of sulfone groups is 1. The zero-order valence-electron chi connectivity index (χ0n) is 10.9. The SMILES string of the molecule is Cc1cc(C)c(S(=O)(=O)C(C)CCN)c(C)c1. The van der Waals surface area contributed by atoms with E-state index in [9.17, 15) is 8.42 Å². The van der Waals surface area contributed by atoms with Crippen molar-refractivity contribution in [2.24, 2.45) is 5.73 Å². The number of hydrogen-bond donors (Lipinski definition) is 1. The molecule has 0 saturated carbocycles. The second-order valence-corrected chi connectivity index (χ2v) is 6.96. The van der Waals surface area contributed by atoms with E-state index < -0.39 is 15.1 Å². The van der Waals surface area contributed by atoms with Gasteiger partial charge in [0.2, 0.25) is 0 Å². The molecule has 1 unspecified atom stereocenters. The summed E-state index contributed by atoms with van der Waals surface area (Å²) in [6.45, 7) is 7.79. The molecular formula is C13H21NO2S. The highest BCUT2D eigenvalue weighted by Crippen LogP contribution is 2.26. The van der Waals surface area contributed by atoms with Gasteiger partial charge in [-0.3, -0.25) is 0 Å². The van der Waals surface area contributed by atoms with Crippen LogP contribution in [0.2, 0.25) is 0 Å². The third kappa shape index (κ3) is 2.87. The fourth-order valence-corrected chi connectivity index (χ4v) is 4.07. The van der Waals surface area contributed by atoms with Crippen molar-refractivity contribution in [2.75, 3.05) is 6.54 Å². The maximum absolute atomic E-state index is 12.4. The van der Waals surface area contributed by atoms with Gasteiger partial charge in [-0.05, 0) is 51.8 Å². The third-order valence-corrected chi connectivity index (χ3v) is 5.50. The second-order valence-electron chi connectivity index (χ2n) is 4.66. The van der Waals surface area contributed by atoms with Crippen molar-refractivity contribution < 1.29 is 8.42 Å². The van der Waals surface area contributed by atoms with Crippen molar-refractivity contribution in [1.29, 1.82) is 0 Å². The van der Waals surface area contributed by atoms with Gasteiger partial charge in [0.25, 0.3) is 0 Å².